The largest absolute Gasteiger partial charge is 0.376 e. The SMILES string of the molecule is CCCNC(C)(C#N)CCN1CC(C)OCC1C. The molecule has 0 spiro atoms. The number of nitriles is 1. The molecule has 4 heteroatoms. The van der Waals surface area contributed by atoms with Crippen LogP contribution in [0.1, 0.15) is 40.5 Å². The summed E-state index contributed by atoms with van der Waals surface area (Å²) in [6.45, 7) is 12.0. The molecule has 0 amide bonds. The van der Waals surface area contributed by atoms with Crippen LogP contribution in [0.25, 0.3) is 0 Å². The Bertz CT molecular complexity index is 289. The Labute approximate surface area is 111 Å². The van der Waals surface area contributed by atoms with Crippen LogP contribution in [0.5, 0.6) is 0 Å². The highest BCUT2D eigenvalue weighted by Gasteiger charge is 2.28. The quantitative estimate of drug-likeness (QED) is 0.783. The van der Waals surface area contributed by atoms with Crippen LogP contribution in [0, 0.1) is 11.3 Å². The molecule has 1 fully saturated rings. The van der Waals surface area contributed by atoms with Gasteiger partial charge in [-0.3, -0.25) is 10.2 Å². The standard InChI is InChI=1S/C14H27N3O/c1-5-7-16-14(4,11-15)6-8-17-9-13(3)18-10-12(17)2/h12-13,16H,5-10H2,1-4H3. The van der Waals surface area contributed by atoms with Gasteiger partial charge in [-0.05, 0) is 40.2 Å². The van der Waals surface area contributed by atoms with Crippen molar-refractivity contribution >= 4 is 0 Å². The van der Waals surface area contributed by atoms with Crippen LogP contribution in [-0.2, 0) is 4.74 Å². The Morgan fingerprint density at radius 2 is 2.22 bits per heavy atom. The maximum atomic E-state index is 9.30. The Hall–Kier alpha value is -0.630. The minimum Gasteiger partial charge on any atom is -0.376 e. The average Bonchev–Trinajstić information content (AvgIpc) is 2.37. The minimum absolute atomic E-state index is 0.304. The molecule has 0 aromatic rings. The summed E-state index contributed by atoms with van der Waals surface area (Å²) in [4.78, 5) is 2.43. The Morgan fingerprint density at radius 3 is 2.83 bits per heavy atom. The van der Waals surface area contributed by atoms with Crippen LogP contribution in [0.4, 0.5) is 0 Å². The number of rotatable bonds is 6. The fourth-order valence-electron chi connectivity index (χ4n) is 2.24. The third-order valence-corrected chi connectivity index (χ3v) is 3.65. The molecule has 1 heterocycles. The molecular formula is C14H27N3O. The Kier molecular flexibility index (Phi) is 6.07. The van der Waals surface area contributed by atoms with Crippen molar-refractivity contribution in [2.24, 2.45) is 0 Å². The van der Waals surface area contributed by atoms with E-state index in [2.05, 4.69) is 37.1 Å². The van der Waals surface area contributed by atoms with Gasteiger partial charge in [0.15, 0.2) is 0 Å². The second-order valence-electron chi connectivity index (χ2n) is 5.61. The summed E-state index contributed by atoms with van der Waals surface area (Å²) in [7, 11) is 0. The first-order valence-corrected chi connectivity index (χ1v) is 7.02. The van der Waals surface area contributed by atoms with Gasteiger partial charge in [0, 0.05) is 19.1 Å². The lowest BCUT2D eigenvalue weighted by Crippen LogP contribution is -2.50. The zero-order valence-electron chi connectivity index (χ0n) is 12.2. The van der Waals surface area contributed by atoms with Gasteiger partial charge in [0.2, 0.25) is 0 Å². The van der Waals surface area contributed by atoms with E-state index in [-0.39, 0.29) is 0 Å². The van der Waals surface area contributed by atoms with E-state index in [1.54, 1.807) is 0 Å². The van der Waals surface area contributed by atoms with Crippen LogP contribution < -0.4 is 5.32 Å². The molecule has 3 unspecified atom stereocenters. The van der Waals surface area contributed by atoms with E-state index in [9.17, 15) is 5.26 Å². The minimum atomic E-state index is -0.405. The molecular weight excluding hydrogens is 226 g/mol. The smallest absolute Gasteiger partial charge is 0.105 e. The Morgan fingerprint density at radius 1 is 1.50 bits per heavy atom. The lowest BCUT2D eigenvalue weighted by molar-refractivity contribution is -0.0507. The van der Waals surface area contributed by atoms with Gasteiger partial charge in [-0.25, -0.2) is 0 Å². The molecule has 0 aliphatic carbocycles. The van der Waals surface area contributed by atoms with Gasteiger partial charge in [0.25, 0.3) is 0 Å². The molecule has 1 aliphatic rings. The molecule has 1 aliphatic heterocycles. The molecule has 104 valence electrons. The van der Waals surface area contributed by atoms with Crippen molar-refractivity contribution in [1.29, 1.82) is 5.26 Å². The third-order valence-electron chi connectivity index (χ3n) is 3.65. The Balaban J connectivity index is 2.44. The summed E-state index contributed by atoms with van der Waals surface area (Å²) < 4.78 is 5.62. The van der Waals surface area contributed by atoms with Crippen LogP contribution in [0.3, 0.4) is 0 Å². The molecule has 1 N–H and O–H groups in total. The summed E-state index contributed by atoms with van der Waals surface area (Å²) in [6.07, 6.45) is 2.22. The van der Waals surface area contributed by atoms with Crippen LogP contribution in [0.2, 0.25) is 0 Å². The summed E-state index contributed by atoms with van der Waals surface area (Å²) >= 11 is 0. The van der Waals surface area contributed by atoms with Gasteiger partial charge in [0.05, 0.1) is 18.8 Å². The molecule has 1 rings (SSSR count). The second kappa shape index (κ2) is 7.08. The van der Waals surface area contributed by atoms with E-state index in [0.29, 0.717) is 12.1 Å². The van der Waals surface area contributed by atoms with E-state index in [0.717, 1.165) is 39.1 Å². The van der Waals surface area contributed by atoms with Crippen LogP contribution in [0.15, 0.2) is 0 Å². The first kappa shape index (κ1) is 15.4. The van der Waals surface area contributed by atoms with Crippen LogP contribution in [-0.4, -0.2) is 48.8 Å². The van der Waals surface area contributed by atoms with Gasteiger partial charge in [-0.15, -0.1) is 0 Å². The zero-order chi connectivity index (χ0) is 13.6. The molecule has 0 radical (unpaired) electrons. The van der Waals surface area contributed by atoms with Gasteiger partial charge in [0.1, 0.15) is 5.54 Å². The van der Waals surface area contributed by atoms with E-state index in [1.807, 2.05) is 6.92 Å². The maximum absolute atomic E-state index is 9.30. The van der Waals surface area contributed by atoms with Crippen LogP contribution >= 0.6 is 0 Å². The number of nitrogens with one attached hydrogen (secondary N) is 1. The van der Waals surface area contributed by atoms with Crippen molar-refractivity contribution < 1.29 is 4.74 Å². The number of hydrogen-bond donors (Lipinski definition) is 1. The van der Waals surface area contributed by atoms with Gasteiger partial charge in [-0.2, -0.15) is 5.26 Å². The highest BCUT2D eigenvalue weighted by molar-refractivity contribution is 5.04. The molecule has 0 aromatic heterocycles. The second-order valence-corrected chi connectivity index (χ2v) is 5.61. The lowest BCUT2D eigenvalue weighted by atomic mass is 9.98. The van der Waals surface area contributed by atoms with E-state index >= 15 is 0 Å². The lowest BCUT2D eigenvalue weighted by Gasteiger charge is -2.38. The number of ether oxygens (including phenoxy) is 1. The summed E-state index contributed by atoms with van der Waals surface area (Å²) in [5.74, 6) is 0. The van der Waals surface area contributed by atoms with Gasteiger partial charge < -0.3 is 4.74 Å². The zero-order valence-corrected chi connectivity index (χ0v) is 12.2. The monoisotopic (exact) mass is 253 g/mol. The molecule has 4 nitrogen and oxygen atoms in total. The first-order chi connectivity index (χ1) is 8.50. The summed E-state index contributed by atoms with van der Waals surface area (Å²) in [5.41, 5.74) is -0.405. The number of hydrogen-bond acceptors (Lipinski definition) is 4. The molecule has 18 heavy (non-hydrogen) atoms. The van der Waals surface area contributed by atoms with E-state index < -0.39 is 5.54 Å². The average molecular weight is 253 g/mol. The van der Waals surface area contributed by atoms with Crippen molar-refractivity contribution in [3.63, 3.8) is 0 Å². The fourth-order valence-corrected chi connectivity index (χ4v) is 2.24. The molecule has 1 saturated heterocycles. The van der Waals surface area contributed by atoms with Crippen molar-refractivity contribution in [2.75, 3.05) is 26.2 Å². The van der Waals surface area contributed by atoms with Gasteiger partial charge in [-0.1, -0.05) is 6.92 Å². The molecule has 0 saturated carbocycles. The van der Waals surface area contributed by atoms with Crippen molar-refractivity contribution in [3.8, 4) is 6.07 Å². The van der Waals surface area contributed by atoms with Crippen molar-refractivity contribution in [1.82, 2.24) is 10.2 Å². The first-order valence-electron chi connectivity index (χ1n) is 7.02. The number of morpholine rings is 1. The predicted molar refractivity (Wildman–Crippen MR) is 73.4 cm³/mol. The van der Waals surface area contributed by atoms with E-state index in [1.165, 1.54) is 0 Å². The summed E-state index contributed by atoms with van der Waals surface area (Å²) in [6, 6.07) is 2.86. The molecule has 3 atom stereocenters. The highest BCUT2D eigenvalue weighted by Crippen LogP contribution is 2.15. The third kappa shape index (κ3) is 4.56. The molecule has 0 bridgehead atoms. The predicted octanol–water partition coefficient (Wildman–Crippen LogP) is 1.77. The normalized spacial score (nSPS) is 28.6. The fraction of sp³-hybridized carbons (Fsp3) is 0.929. The molecule has 0 aromatic carbocycles. The number of nitrogens with zero attached hydrogens (tertiary/aromatic N) is 2. The maximum Gasteiger partial charge on any atom is 0.105 e. The summed E-state index contributed by atoms with van der Waals surface area (Å²) in [5, 5.41) is 12.6. The highest BCUT2D eigenvalue weighted by atomic mass is 16.5. The van der Waals surface area contributed by atoms with Gasteiger partial charge >= 0.3 is 0 Å². The van der Waals surface area contributed by atoms with Crippen molar-refractivity contribution in [3.05, 3.63) is 0 Å². The van der Waals surface area contributed by atoms with Crippen molar-refractivity contribution in [2.45, 2.75) is 58.2 Å². The topological polar surface area (TPSA) is 48.3 Å². The van der Waals surface area contributed by atoms with E-state index in [4.69, 9.17) is 4.74 Å².